The summed E-state index contributed by atoms with van der Waals surface area (Å²) >= 11 is 11.6. The van der Waals surface area contributed by atoms with Gasteiger partial charge in [0.25, 0.3) is 0 Å². The van der Waals surface area contributed by atoms with Crippen molar-refractivity contribution >= 4 is 39.7 Å². The van der Waals surface area contributed by atoms with Crippen molar-refractivity contribution in [2.75, 3.05) is 5.88 Å². The van der Waals surface area contributed by atoms with Crippen molar-refractivity contribution in [3.05, 3.63) is 41.6 Å². The van der Waals surface area contributed by atoms with Crippen LogP contribution < -0.4 is 0 Å². The van der Waals surface area contributed by atoms with Crippen LogP contribution in [0.3, 0.4) is 0 Å². The van der Waals surface area contributed by atoms with Crippen molar-refractivity contribution in [2.24, 2.45) is 0 Å². The van der Waals surface area contributed by atoms with E-state index < -0.39 is 0 Å². The number of hydrogen-bond donors (Lipinski definition) is 1. The Morgan fingerprint density at radius 2 is 2.14 bits per heavy atom. The Balaban J connectivity index is 2.56. The normalized spacial score (nSPS) is 10.7. The highest BCUT2D eigenvalue weighted by atomic mass is 35.5. The van der Waals surface area contributed by atoms with E-state index in [0.717, 1.165) is 27.2 Å². The van der Waals surface area contributed by atoms with Crippen LogP contribution in [0.2, 0.25) is 5.02 Å². The predicted molar refractivity (Wildman–Crippen MR) is 63.1 cm³/mol. The van der Waals surface area contributed by atoms with Gasteiger partial charge in [0.1, 0.15) is 0 Å². The summed E-state index contributed by atoms with van der Waals surface area (Å²) in [5, 5.41) is 1.82. The molecule has 1 nitrogen and oxygen atoms in total. The quantitative estimate of drug-likeness (QED) is 0.742. The van der Waals surface area contributed by atoms with E-state index in [9.17, 15) is 0 Å². The summed E-state index contributed by atoms with van der Waals surface area (Å²) in [5.41, 5.74) is 2.91. The van der Waals surface area contributed by atoms with E-state index >= 15 is 0 Å². The third-order valence-corrected chi connectivity index (χ3v) is 2.68. The highest BCUT2D eigenvalue weighted by Crippen LogP contribution is 2.23. The molecule has 3 heteroatoms. The van der Waals surface area contributed by atoms with Gasteiger partial charge in [0.15, 0.2) is 0 Å². The van der Waals surface area contributed by atoms with Gasteiger partial charge >= 0.3 is 0 Å². The van der Waals surface area contributed by atoms with E-state index in [-0.39, 0.29) is 0 Å². The molecular weight excluding hydrogens is 217 g/mol. The van der Waals surface area contributed by atoms with Gasteiger partial charge in [-0.25, -0.2) is 0 Å². The lowest BCUT2D eigenvalue weighted by molar-refractivity contribution is 1.39. The van der Waals surface area contributed by atoms with Crippen molar-refractivity contribution < 1.29 is 0 Å². The fourth-order valence-corrected chi connectivity index (χ4v) is 1.69. The van der Waals surface area contributed by atoms with Crippen LogP contribution in [0.5, 0.6) is 0 Å². The molecule has 2 aromatic rings. The molecule has 0 fully saturated rings. The second-order valence-corrected chi connectivity index (χ2v) is 3.86. The molecule has 0 bridgehead atoms. The van der Waals surface area contributed by atoms with Gasteiger partial charge in [-0.05, 0) is 29.8 Å². The number of fused-ring (bicyclic) bond motifs is 1. The van der Waals surface area contributed by atoms with Crippen LogP contribution in [0.1, 0.15) is 5.69 Å². The smallest absolute Gasteiger partial charge is 0.0488 e. The summed E-state index contributed by atoms with van der Waals surface area (Å²) in [4.78, 5) is 3.23. The minimum atomic E-state index is 0.431. The van der Waals surface area contributed by atoms with E-state index in [2.05, 4.69) is 11.6 Å². The first-order valence-corrected chi connectivity index (χ1v) is 5.14. The zero-order valence-corrected chi connectivity index (χ0v) is 8.99. The number of H-pyrrole nitrogens is 1. The van der Waals surface area contributed by atoms with Crippen molar-refractivity contribution in [3.8, 4) is 0 Å². The van der Waals surface area contributed by atoms with Gasteiger partial charge in [0, 0.05) is 27.5 Å². The molecule has 1 heterocycles. The van der Waals surface area contributed by atoms with Gasteiger partial charge in [-0.2, -0.15) is 0 Å². The number of nitrogens with one attached hydrogen (secondary N) is 1. The maximum Gasteiger partial charge on any atom is 0.0488 e. The van der Waals surface area contributed by atoms with Crippen LogP contribution in [0, 0.1) is 0 Å². The highest BCUT2D eigenvalue weighted by molar-refractivity contribution is 6.31. The molecule has 0 spiro atoms. The zero-order valence-electron chi connectivity index (χ0n) is 7.48. The molecule has 0 amide bonds. The maximum atomic E-state index is 5.88. The lowest BCUT2D eigenvalue weighted by Gasteiger charge is -1.94. The summed E-state index contributed by atoms with van der Waals surface area (Å²) in [6.45, 7) is 3.86. The van der Waals surface area contributed by atoms with E-state index in [1.165, 1.54) is 0 Å². The zero-order chi connectivity index (χ0) is 10.1. The molecular formula is C11H9Cl2N. The topological polar surface area (TPSA) is 15.8 Å². The summed E-state index contributed by atoms with van der Waals surface area (Å²) in [6.07, 6.45) is 0. The van der Waals surface area contributed by atoms with Gasteiger partial charge in [0.2, 0.25) is 0 Å². The summed E-state index contributed by atoms with van der Waals surface area (Å²) in [5.74, 6) is 0.431. The molecule has 1 aromatic heterocycles. The lowest BCUT2D eigenvalue weighted by Crippen LogP contribution is -1.81. The average molecular weight is 226 g/mol. The first kappa shape index (κ1) is 9.63. The molecule has 0 radical (unpaired) electrons. The van der Waals surface area contributed by atoms with Crippen LogP contribution >= 0.6 is 23.2 Å². The molecule has 0 saturated heterocycles. The van der Waals surface area contributed by atoms with E-state index in [4.69, 9.17) is 23.2 Å². The van der Waals surface area contributed by atoms with Crippen LogP contribution in [-0.2, 0) is 0 Å². The number of alkyl halides is 1. The van der Waals surface area contributed by atoms with Crippen LogP contribution in [0.25, 0.3) is 16.5 Å². The fraction of sp³-hybridized carbons (Fsp3) is 0.0909. The van der Waals surface area contributed by atoms with Crippen LogP contribution in [0.15, 0.2) is 30.8 Å². The minimum absolute atomic E-state index is 0.431. The minimum Gasteiger partial charge on any atom is -0.355 e. The predicted octanol–water partition coefficient (Wildman–Crippen LogP) is 4.07. The number of hydrogen-bond acceptors (Lipinski definition) is 0. The fourth-order valence-electron chi connectivity index (χ4n) is 1.37. The Morgan fingerprint density at radius 3 is 2.86 bits per heavy atom. The Morgan fingerprint density at radius 1 is 1.36 bits per heavy atom. The van der Waals surface area contributed by atoms with Gasteiger partial charge in [-0.3, -0.25) is 0 Å². The molecule has 0 unspecified atom stereocenters. The average Bonchev–Trinajstić information content (AvgIpc) is 2.59. The molecule has 1 aromatic carbocycles. The van der Waals surface area contributed by atoms with Crippen molar-refractivity contribution in [3.63, 3.8) is 0 Å². The van der Waals surface area contributed by atoms with Crippen molar-refractivity contribution in [1.29, 1.82) is 0 Å². The van der Waals surface area contributed by atoms with Gasteiger partial charge in [-0.1, -0.05) is 18.2 Å². The highest BCUT2D eigenvalue weighted by Gasteiger charge is 2.03. The SMILES string of the molecule is C=C(CCl)c1cc2cc(Cl)ccc2[nH]1. The van der Waals surface area contributed by atoms with E-state index in [0.29, 0.717) is 5.88 Å². The number of aromatic nitrogens is 1. The maximum absolute atomic E-state index is 5.88. The first-order chi connectivity index (χ1) is 6.70. The third-order valence-electron chi connectivity index (χ3n) is 2.12. The number of allylic oxidation sites excluding steroid dienone is 1. The van der Waals surface area contributed by atoms with Crippen molar-refractivity contribution in [2.45, 2.75) is 0 Å². The monoisotopic (exact) mass is 225 g/mol. The number of rotatable bonds is 2. The number of benzene rings is 1. The molecule has 72 valence electrons. The van der Waals surface area contributed by atoms with Gasteiger partial charge in [0.05, 0.1) is 0 Å². The van der Waals surface area contributed by atoms with E-state index in [1.807, 2.05) is 24.3 Å². The molecule has 1 N–H and O–H groups in total. The Hall–Kier alpha value is -0.920. The molecule has 0 atom stereocenters. The molecule has 0 aliphatic rings. The Bertz CT molecular complexity index is 485. The lowest BCUT2D eigenvalue weighted by atomic mass is 10.2. The number of halogens is 2. The van der Waals surface area contributed by atoms with Crippen molar-refractivity contribution in [1.82, 2.24) is 4.98 Å². The second kappa shape index (κ2) is 3.68. The standard InChI is InChI=1S/C11H9Cl2N/c1-7(6-12)11-5-8-4-9(13)2-3-10(8)14-11/h2-5,14H,1,6H2. The Labute approximate surface area is 92.3 Å². The molecule has 14 heavy (non-hydrogen) atoms. The van der Waals surface area contributed by atoms with E-state index in [1.54, 1.807) is 0 Å². The Kier molecular flexibility index (Phi) is 2.53. The van der Waals surface area contributed by atoms with Crippen LogP contribution in [0.4, 0.5) is 0 Å². The molecule has 0 aliphatic carbocycles. The summed E-state index contributed by atoms with van der Waals surface area (Å²) in [6, 6.07) is 7.72. The molecule has 2 rings (SSSR count). The second-order valence-electron chi connectivity index (χ2n) is 3.15. The molecule has 0 aliphatic heterocycles. The largest absolute Gasteiger partial charge is 0.355 e. The third kappa shape index (κ3) is 1.66. The summed E-state index contributed by atoms with van der Waals surface area (Å²) < 4.78 is 0. The van der Waals surface area contributed by atoms with Crippen LogP contribution in [-0.4, -0.2) is 10.9 Å². The molecule has 0 saturated carbocycles. The first-order valence-electron chi connectivity index (χ1n) is 4.23. The number of aromatic amines is 1. The van der Waals surface area contributed by atoms with Gasteiger partial charge in [-0.15, -0.1) is 11.6 Å². The van der Waals surface area contributed by atoms with Gasteiger partial charge < -0.3 is 4.98 Å². The summed E-state index contributed by atoms with van der Waals surface area (Å²) in [7, 11) is 0.